The number of hydrogen-bond acceptors (Lipinski definition) is 5. The van der Waals surface area contributed by atoms with E-state index in [0.717, 1.165) is 16.4 Å². The van der Waals surface area contributed by atoms with E-state index in [-0.39, 0.29) is 0 Å². The zero-order valence-corrected chi connectivity index (χ0v) is 7.51. The van der Waals surface area contributed by atoms with E-state index in [2.05, 4.69) is 10.5 Å². The number of nitrogens with one attached hydrogen (secondary N) is 1. The van der Waals surface area contributed by atoms with Crippen molar-refractivity contribution in [3.63, 3.8) is 0 Å². The van der Waals surface area contributed by atoms with Gasteiger partial charge in [-0.1, -0.05) is 30.3 Å². The van der Waals surface area contributed by atoms with Gasteiger partial charge < -0.3 is 5.73 Å². The topological polar surface area (TPSA) is 79.7 Å². The number of hydrazine groups is 2. The lowest BCUT2D eigenvalue weighted by molar-refractivity contribution is 0.237. The molecule has 0 saturated heterocycles. The largest absolute Gasteiger partial charge is 0.382 e. The Balaban J connectivity index is 2.34. The Labute approximate surface area is 81.6 Å². The Hall–Kier alpha value is -2.01. The van der Waals surface area contributed by atoms with Gasteiger partial charge in [0.05, 0.1) is 0 Å². The summed E-state index contributed by atoms with van der Waals surface area (Å²) in [6.45, 7) is 0. The maximum atomic E-state index is 5.72. The predicted octanol–water partition coefficient (Wildman–Crippen LogP) is -0.00640. The molecule has 2 rings (SSSR count). The summed E-state index contributed by atoms with van der Waals surface area (Å²) in [6, 6.07) is 9.75. The Morgan fingerprint density at radius 1 is 1.21 bits per heavy atom. The van der Waals surface area contributed by atoms with E-state index in [4.69, 9.17) is 11.6 Å². The number of hydrogen-bond donors (Lipinski definition) is 3. The van der Waals surface area contributed by atoms with Crippen molar-refractivity contribution >= 4 is 11.4 Å². The van der Waals surface area contributed by atoms with Crippen molar-refractivity contribution < 1.29 is 0 Å². The van der Waals surface area contributed by atoms with E-state index in [0.29, 0.717) is 5.84 Å². The van der Waals surface area contributed by atoms with Crippen LogP contribution >= 0.6 is 0 Å². The fourth-order valence-corrected chi connectivity index (χ4v) is 1.25. The van der Waals surface area contributed by atoms with Crippen molar-refractivity contribution in [2.75, 3.05) is 0 Å². The molecule has 1 aromatic carbocycles. The molecule has 1 aliphatic rings. The second-order valence-electron chi connectivity index (χ2n) is 2.88. The number of rotatable bonds is 1. The van der Waals surface area contributed by atoms with Gasteiger partial charge in [0.15, 0.2) is 5.84 Å². The summed E-state index contributed by atoms with van der Waals surface area (Å²) < 4.78 is 0. The summed E-state index contributed by atoms with van der Waals surface area (Å²) in [5, 5.41) is 4.94. The molecule has 0 aliphatic carbocycles. The molecule has 5 heteroatoms. The average molecular weight is 189 g/mol. The summed E-state index contributed by atoms with van der Waals surface area (Å²) in [5.41, 5.74) is 10.3. The molecule has 0 atom stereocenters. The molecule has 0 radical (unpaired) electrons. The molecule has 5 nitrogen and oxygen atoms in total. The minimum absolute atomic E-state index is 0.400. The first-order valence-electron chi connectivity index (χ1n) is 4.18. The van der Waals surface area contributed by atoms with E-state index in [1.54, 1.807) is 6.20 Å². The Kier molecular flexibility index (Phi) is 2.08. The highest BCUT2D eigenvalue weighted by Gasteiger charge is 2.11. The lowest BCUT2D eigenvalue weighted by atomic mass is 10.1. The van der Waals surface area contributed by atoms with Gasteiger partial charge in [-0.25, -0.2) is 5.84 Å². The van der Waals surface area contributed by atoms with E-state index in [1.807, 2.05) is 30.3 Å². The molecule has 5 N–H and O–H groups in total. The summed E-state index contributed by atoms with van der Waals surface area (Å²) in [5.74, 6) is 5.78. The Bertz CT molecular complexity index is 381. The third-order valence-electron chi connectivity index (χ3n) is 1.92. The quantitative estimate of drug-likeness (QED) is 0.543. The van der Waals surface area contributed by atoms with Crippen LogP contribution < -0.4 is 17.0 Å². The van der Waals surface area contributed by atoms with Crippen LogP contribution in [0.5, 0.6) is 0 Å². The second kappa shape index (κ2) is 3.39. The van der Waals surface area contributed by atoms with Crippen molar-refractivity contribution in [2.24, 2.45) is 16.7 Å². The minimum Gasteiger partial charge on any atom is -0.382 e. The van der Waals surface area contributed by atoms with Crippen LogP contribution in [0.3, 0.4) is 0 Å². The Morgan fingerprint density at radius 2 is 1.93 bits per heavy atom. The first kappa shape index (κ1) is 8.58. The van der Waals surface area contributed by atoms with Gasteiger partial charge in [-0.05, 0) is 5.56 Å². The number of benzene rings is 1. The normalized spacial score (nSPS) is 15.6. The van der Waals surface area contributed by atoms with Crippen molar-refractivity contribution in [3.8, 4) is 0 Å². The lowest BCUT2D eigenvalue weighted by Gasteiger charge is -2.19. The third-order valence-corrected chi connectivity index (χ3v) is 1.92. The van der Waals surface area contributed by atoms with Crippen LogP contribution in [0.15, 0.2) is 41.6 Å². The summed E-state index contributed by atoms with van der Waals surface area (Å²) in [7, 11) is 0. The van der Waals surface area contributed by atoms with Gasteiger partial charge in [-0.3, -0.25) is 5.43 Å². The molecule has 0 spiro atoms. The van der Waals surface area contributed by atoms with Gasteiger partial charge in [0.2, 0.25) is 0 Å². The first-order valence-corrected chi connectivity index (χ1v) is 4.18. The molecular weight excluding hydrogens is 178 g/mol. The molecule has 72 valence electrons. The van der Waals surface area contributed by atoms with Gasteiger partial charge in [-0.15, -0.1) is 10.3 Å². The SMILES string of the molecule is NC1=NN(N)NC=C1c1ccccc1. The fourth-order valence-electron chi connectivity index (χ4n) is 1.25. The van der Waals surface area contributed by atoms with Crippen molar-refractivity contribution in [1.29, 1.82) is 0 Å². The highest BCUT2D eigenvalue weighted by Crippen LogP contribution is 2.14. The van der Waals surface area contributed by atoms with Crippen LogP contribution in [0.25, 0.3) is 5.57 Å². The first-order chi connectivity index (χ1) is 6.77. The molecule has 1 heterocycles. The number of hydrazone groups is 1. The lowest BCUT2D eigenvalue weighted by Crippen LogP contribution is -2.41. The van der Waals surface area contributed by atoms with Crippen LogP contribution in [-0.2, 0) is 0 Å². The van der Waals surface area contributed by atoms with Crippen molar-refractivity contribution in [3.05, 3.63) is 42.1 Å². The van der Waals surface area contributed by atoms with E-state index < -0.39 is 0 Å². The predicted molar refractivity (Wildman–Crippen MR) is 55.2 cm³/mol. The number of amidine groups is 1. The number of nitrogens with two attached hydrogens (primary N) is 2. The molecule has 0 amide bonds. The van der Waals surface area contributed by atoms with Crippen LogP contribution in [0.4, 0.5) is 0 Å². The van der Waals surface area contributed by atoms with Gasteiger partial charge in [0, 0.05) is 11.8 Å². The van der Waals surface area contributed by atoms with Crippen LogP contribution in [0.1, 0.15) is 5.56 Å². The summed E-state index contributed by atoms with van der Waals surface area (Å²) >= 11 is 0. The molecule has 0 bridgehead atoms. The number of nitrogens with zero attached hydrogens (tertiary/aromatic N) is 2. The average Bonchev–Trinajstić information content (AvgIpc) is 2.19. The molecule has 14 heavy (non-hydrogen) atoms. The highest BCUT2D eigenvalue weighted by molar-refractivity contribution is 6.21. The van der Waals surface area contributed by atoms with Crippen LogP contribution in [0, 0.1) is 0 Å². The van der Waals surface area contributed by atoms with E-state index in [1.165, 1.54) is 0 Å². The minimum atomic E-state index is 0.400. The van der Waals surface area contributed by atoms with Crippen LogP contribution in [0.2, 0.25) is 0 Å². The smallest absolute Gasteiger partial charge is 0.156 e. The molecule has 0 aromatic heterocycles. The monoisotopic (exact) mass is 189 g/mol. The molecule has 0 fully saturated rings. The summed E-state index contributed by atoms with van der Waals surface area (Å²) in [6.07, 6.45) is 1.72. The molecule has 1 aromatic rings. The fraction of sp³-hybridized carbons (Fsp3) is 0. The zero-order chi connectivity index (χ0) is 9.97. The summed E-state index contributed by atoms with van der Waals surface area (Å²) in [4.78, 5) is 0. The molecule has 0 unspecified atom stereocenters. The maximum absolute atomic E-state index is 5.72. The van der Waals surface area contributed by atoms with Gasteiger partial charge >= 0.3 is 0 Å². The third kappa shape index (κ3) is 1.53. The second-order valence-corrected chi connectivity index (χ2v) is 2.88. The highest BCUT2D eigenvalue weighted by atomic mass is 15.8. The maximum Gasteiger partial charge on any atom is 0.156 e. The van der Waals surface area contributed by atoms with Gasteiger partial charge in [0.1, 0.15) is 0 Å². The molecule has 0 saturated carbocycles. The standard InChI is InChI=1S/C9H11N5/c10-9-8(6-12-14(11)13-9)7-4-2-1-3-5-7/h1-6,12H,11H2,(H2,10,13). The van der Waals surface area contributed by atoms with Crippen molar-refractivity contribution in [2.45, 2.75) is 0 Å². The molecule has 1 aliphatic heterocycles. The van der Waals surface area contributed by atoms with Gasteiger partial charge in [0.25, 0.3) is 0 Å². The zero-order valence-electron chi connectivity index (χ0n) is 7.51. The van der Waals surface area contributed by atoms with Crippen LogP contribution in [-0.4, -0.2) is 11.1 Å². The van der Waals surface area contributed by atoms with Gasteiger partial charge in [-0.2, -0.15) is 0 Å². The Morgan fingerprint density at radius 3 is 2.57 bits per heavy atom. The molecular formula is C9H11N5. The van der Waals surface area contributed by atoms with E-state index >= 15 is 0 Å². The van der Waals surface area contributed by atoms with E-state index in [9.17, 15) is 0 Å². The van der Waals surface area contributed by atoms with Crippen molar-refractivity contribution in [1.82, 2.24) is 10.7 Å².